The zero-order valence-corrected chi connectivity index (χ0v) is 20.8. The number of amides is 2. The van der Waals surface area contributed by atoms with E-state index in [1.165, 1.54) is 18.2 Å². The Hall–Kier alpha value is -4.72. The minimum absolute atomic E-state index is 0.0894. The summed E-state index contributed by atoms with van der Waals surface area (Å²) in [6.45, 7) is 8.10. The number of hydrogen-bond donors (Lipinski definition) is 4. The van der Waals surface area contributed by atoms with E-state index in [0.717, 1.165) is 5.56 Å². The lowest BCUT2D eigenvalue weighted by molar-refractivity contribution is -0.254. The summed E-state index contributed by atoms with van der Waals surface area (Å²) >= 11 is 0. The lowest BCUT2D eigenvalue weighted by Crippen LogP contribution is -2.28. The second-order valence-electron chi connectivity index (χ2n) is 8.97. The van der Waals surface area contributed by atoms with Crippen molar-refractivity contribution in [3.05, 3.63) is 101 Å². The van der Waals surface area contributed by atoms with Crippen molar-refractivity contribution in [2.45, 2.75) is 20.3 Å². The Labute approximate surface area is 215 Å². The van der Waals surface area contributed by atoms with Crippen LogP contribution in [0.1, 0.15) is 56.0 Å². The number of carboxylic acid groups (broad SMARTS) is 1. The highest BCUT2D eigenvalue weighted by Gasteiger charge is 2.19. The van der Waals surface area contributed by atoms with Gasteiger partial charge in [0.25, 0.3) is 11.8 Å². The van der Waals surface area contributed by atoms with Crippen LogP contribution in [0.15, 0.2) is 73.3 Å². The SMILES string of the molecule is C=CCc1ccc(-c2ccc(C(=O)NCC(C)C)cc2C(=O)[O-])c(C(=O)Nc2ccc(C(=N)N)cc2)c1. The fourth-order valence-corrected chi connectivity index (χ4v) is 3.73. The van der Waals surface area contributed by atoms with Crippen molar-refractivity contribution in [1.29, 1.82) is 5.41 Å². The first kappa shape index (κ1) is 26.9. The van der Waals surface area contributed by atoms with Crippen LogP contribution in [0.2, 0.25) is 0 Å². The molecule has 0 radical (unpaired) electrons. The second-order valence-corrected chi connectivity index (χ2v) is 8.97. The van der Waals surface area contributed by atoms with Gasteiger partial charge in [0.2, 0.25) is 0 Å². The zero-order valence-electron chi connectivity index (χ0n) is 20.8. The van der Waals surface area contributed by atoms with Gasteiger partial charge in [0.1, 0.15) is 5.84 Å². The van der Waals surface area contributed by atoms with Crippen molar-refractivity contribution in [2.75, 3.05) is 11.9 Å². The number of carbonyl (C=O) groups is 3. The summed E-state index contributed by atoms with van der Waals surface area (Å²) in [6, 6.07) is 15.9. The first-order valence-electron chi connectivity index (χ1n) is 11.7. The van der Waals surface area contributed by atoms with Crippen LogP contribution in [0.3, 0.4) is 0 Å². The molecular formula is C29H29N4O4-. The van der Waals surface area contributed by atoms with Gasteiger partial charge in [-0.2, -0.15) is 0 Å². The highest BCUT2D eigenvalue weighted by atomic mass is 16.4. The first-order valence-corrected chi connectivity index (χ1v) is 11.7. The molecule has 0 atom stereocenters. The molecular weight excluding hydrogens is 468 g/mol. The van der Waals surface area contributed by atoms with E-state index in [4.69, 9.17) is 11.1 Å². The van der Waals surface area contributed by atoms with E-state index in [9.17, 15) is 19.5 Å². The number of rotatable bonds is 10. The highest BCUT2D eigenvalue weighted by molar-refractivity contribution is 6.11. The van der Waals surface area contributed by atoms with E-state index >= 15 is 0 Å². The molecule has 0 aliphatic heterocycles. The van der Waals surface area contributed by atoms with Crippen LogP contribution in [0.4, 0.5) is 5.69 Å². The van der Waals surface area contributed by atoms with E-state index in [2.05, 4.69) is 17.2 Å². The summed E-state index contributed by atoms with van der Waals surface area (Å²) in [5.41, 5.74) is 8.16. The van der Waals surface area contributed by atoms with E-state index in [1.807, 2.05) is 13.8 Å². The summed E-state index contributed by atoms with van der Waals surface area (Å²) in [7, 11) is 0. The number of amidine groups is 1. The number of hydrogen-bond acceptors (Lipinski definition) is 5. The molecule has 190 valence electrons. The molecule has 37 heavy (non-hydrogen) atoms. The number of carboxylic acids is 1. The molecule has 3 rings (SSSR count). The Bertz CT molecular complexity index is 1360. The number of allylic oxidation sites excluding steroid dienone is 1. The molecule has 0 spiro atoms. The van der Waals surface area contributed by atoms with Gasteiger partial charge in [-0.05, 0) is 71.5 Å². The predicted molar refractivity (Wildman–Crippen MR) is 143 cm³/mol. The standard InChI is InChI=1S/C29H30N4O4/c1-4-5-18-6-12-22(24(14-18)28(35)33-21-10-7-19(8-11-21)26(30)31)23-13-9-20(15-25(23)29(36)37)27(34)32-16-17(2)3/h4,6-15,17H,1,5,16H2,2-3H3,(H3,30,31)(H,32,34)(H,33,35)(H,36,37)/p-1. The van der Waals surface area contributed by atoms with Crippen LogP contribution >= 0.6 is 0 Å². The molecule has 8 heteroatoms. The molecule has 3 aromatic rings. The van der Waals surface area contributed by atoms with Crippen LogP contribution in [0.5, 0.6) is 0 Å². The van der Waals surface area contributed by atoms with E-state index in [0.29, 0.717) is 29.8 Å². The van der Waals surface area contributed by atoms with Gasteiger partial charge in [-0.15, -0.1) is 6.58 Å². The van der Waals surface area contributed by atoms with Crippen molar-refractivity contribution in [2.24, 2.45) is 11.7 Å². The van der Waals surface area contributed by atoms with E-state index < -0.39 is 17.8 Å². The van der Waals surface area contributed by atoms with Gasteiger partial charge in [0.05, 0.1) is 5.97 Å². The maximum Gasteiger partial charge on any atom is 0.256 e. The van der Waals surface area contributed by atoms with Crippen molar-refractivity contribution >= 4 is 29.3 Å². The molecule has 2 amide bonds. The normalized spacial score (nSPS) is 10.6. The van der Waals surface area contributed by atoms with Crippen LogP contribution in [0.25, 0.3) is 11.1 Å². The number of benzene rings is 3. The Morgan fingerprint density at radius 3 is 2.16 bits per heavy atom. The van der Waals surface area contributed by atoms with Crippen LogP contribution in [-0.2, 0) is 6.42 Å². The van der Waals surface area contributed by atoms with Crippen LogP contribution < -0.4 is 21.5 Å². The molecule has 0 aliphatic carbocycles. The summed E-state index contributed by atoms with van der Waals surface area (Å²) in [5.74, 6) is -2.17. The number of carbonyl (C=O) groups excluding carboxylic acids is 3. The number of aromatic carboxylic acids is 1. The fraction of sp³-hybridized carbons (Fsp3) is 0.172. The molecule has 0 heterocycles. The predicted octanol–water partition coefficient (Wildman–Crippen LogP) is 3.37. The maximum absolute atomic E-state index is 13.4. The molecule has 0 aromatic heterocycles. The molecule has 0 saturated heterocycles. The van der Waals surface area contributed by atoms with Crippen molar-refractivity contribution in [1.82, 2.24) is 5.32 Å². The Balaban J connectivity index is 2.04. The highest BCUT2D eigenvalue weighted by Crippen LogP contribution is 2.30. The molecule has 5 N–H and O–H groups in total. The molecule has 0 saturated carbocycles. The quantitative estimate of drug-likeness (QED) is 0.193. The van der Waals surface area contributed by atoms with Gasteiger partial charge in [-0.1, -0.05) is 38.1 Å². The largest absolute Gasteiger partial charge is 0.545 e. The minimum atomic E-state index is -1.46. The second kappa shape index (κ2) is 11.8. The van der Waals surface area contributed by atoms with Gasteiger partial charge in [0.15, 0.2) is 0 Å². The monoisotopic (exact) mass is 497 g/mol. The fourth-order valence-electron chi connectivity index (χ4n) is 3.73. The zero-order chi connectivity index (χ0) is 27.1. The van der Waals surface area contributed by atoms with Crippen molar-refractivity contribution in [3.8, 4) is 11.1 Å². The lowest BCUT2D eigenvalue weighted by atomic mass is 9.91. The van der Waals surface area contributed by atoms with Crippen LogP contribution in [-0.4, -0.2) is 30.2 Å². The Morgan fingerprint density at radius 2 is 1.57 bits per heavy atom. The maximum atomic E-state index is 13.4. The number of nitrogen functional groups attached to an aromatic ring is 1. The van der Waals surface area contributed by atoms with Gasteiger partial charge < -0.3 is 26.3 Å². The van der Waals surface area contributed by atoms with Gasteiger partial charge in [0, 0.05) is 34.5 Å². The smallest absolute Gasteiger partial charge is 0.256 e. The average Bonchev–Trinajstić information content (AvgIpc) is 2.87. The Kier molecular flexibility index (Phi) is 8.58. The molecule has 3 aromatic carbocycles. The summed E-state index contributed by atoms with van der Waals surface area (Å²) in [5, 5.41) is 25.2. The Morgan fingerprint density at radius 1 is 0.946 bits per heavy atom. The third-order valence-corrected chi connectivity index (χ3v) is 5.63. The van der Waals surface area contributed by atoms with Gasteiger partial charge in [-0.3, -0.25) is 15.0 Å². The third-order valence-electron chi connectivity index (χ3n) is 5.63. The minimum Gasteiger partial charge on any atom is -0.545 e. The summed E-state index contributed by atoms with van der Waals surface area (Å²) in [4.78, 5) is 38.0. The summed E-state index contributed by atoms with van der Waals surface area (Å²) in [6.07, 6.45) is 2.21. The molecule has 0 aliphatic rings. The molecule has 8 nitrogen and oxygen atoms in total. The molecule has 0 fully saturated rings. The molecule has 0 bridgehead atoms. The lowest BCUT2D eigenvalue weighted by Gasteiger charge is -2.17. The third kappa shape index (κ3) is 6.70. The first-order chi connectivity index (χ1) is 17.6. The van der Waals surface area contributed by atoms with E-state index in [1.54, 1.807) is 48.5 Å². The number of nitrogens with one attached hydrogen (secondary N) is 3. The van der Waals surface area contributed by atoms with Crippen LogP contribution in [0, 0.1) is 11.3 Å². The number of nitrogens with two attached hydrogens (primary N) is 1. The summed E-state index contributed by atoms with van der Waals surface area (Å²) < 4.78 is 0. The van der Waals surface area contributed by atoms with E-state index in [-0.39, 0.29) is 34.0 Å². The van der Waals surface area contributed by atoms with Crippen molar-refractivity contribution < 1.29 is 19.5 Å². The van der Waals surface area contributed by atoms with Gasteiger partial charge in [-0.25, -0.2) is 0 Å². The number of anilines is 1. The molecule has 0 unspecified atom stereocenters. The average molecular weight is 498 g/mol. The topological polar surface area (TPSA) is 148 Å². The van der Waals surface area contributed by atoms with Gasteiger partial charge >= 0.3 is 0 Å². The van der Waals surface area contributed by atoms with Crippen molar-refractivity contribution in [3.63, 3.8) is 0 Å².